The molecule has 1 N–H and O–H groups in total. The molecule has 0 radical (unpaired) electrons. The van der Waals surface area contributed by atoms with Crippen molar-refractivity contribution in [1.82, 2.24) is 15.1 Å². The SMILES string of the molecule is CCCN(CCN1CCNCC1)C(C)C. The summed E-state index contributed by atoms with van der Waals surface area (Å²) in [6.07, 6.45) is 1.26. The van der Waals surface area contributed by atoms with Gasteiger partial charge in [-0.2, -0.15) is 0 Å². The van der Waals surface area contributed by atoms with E-state index in [1.165, 1.54) is 39.1 Å². The van der Waals surface area contributed by atoms with Gasteiger partial charge in [0.1, 0.15) is 0 Å². The van der Waals surface area contributed by atoms with Crippen LogP contribution in [0.5, 0.6) is 0 Å². The van der Waals surface area contributed by atoms with Gasteiger partial charge in [0.25, 0.3) is 0 Å². The molecule has 0 atom stereocenters. The summed E-state index contributed by atoms with van der Waals surface area (Å²) in [5, 5.41) is 3.39. The third kappa shape index (κ3) is 4.96. The molecular weight excluding hydrogens is 186 g/mol. The number of nitrogens with one attached hydrogen (secondary N) is 1. The largest absolute Gasteiger partial charge is 0.314 e. The average Bonchev–Trinajstić information content (AvgIpc) is 2.25. The Morgan fingerprint density at radius 1 is 1.20 bits per heavy atom. The lowest BCUT2D eigenvalue weighted by molar-refractivity contribution is 0.165. The topological polar surface area (TPSA) is 18.5 Å². The van der Waals surface area contributed by atoms with Crippen LogP contribution < -0.4 is 5.32 Å². The summed E-state index contributed by atoms with van der Waals surface area (Å²) < 4.78 is 0. The molecule has 90 valence electrons. The molecule has 1 rings (SSSR count). The quantitative estimate of drug-likeness (QED) is 0.710. The number of hydrogen-bond donors (Lipinski definition) is 1. The molecule has 0 unspecified atom stereocenters. The third-order valence-electron chi connectivity index (χ3n) is 3.15. The fourth-order valence-electron chi connectivity index (χ4n) is 2.12. The van der Waals surface area contributed by atoms with Crippen molar-refractivity contribution in [2.75, 3.05) is 45.8 Å². The molecule has 1 saturated heterocycles. The summed E-state index contributed by atoms with van der Waals surface area (Å²) in [6, 6.07) is 0.688. The zero-order chi connectivity index (χ0) is 11.1. The summed E-state index contributed by atoms with van der Waals surface area (Å²) in [4.78, 5) is 5.16. The van der Waals surface area contributed by atoms with Gasteiger partial charge in [0.05, 0.1) is 0 Å². The minimum Gasteiger partial charge on any atom is -0.314 e. The van der Waals surface area contributed by atoms with Crippen LogP contribution in [0.4, 0.5) is 0 Å². The Bertz CT molecular complexity index is 153. The van der Waals surface area contributed by atoms with Crippen LogP contribution in [0, 0.1) is 0 Å². The van der Waals surface area contributed by atoms with E-state index in [4.69, 9.17) is 0 Å². The van der Waals surface area contributed by atoms with Gasteiger partial charge < -0.3 is 5.32 Å². The number of hydrogen-bond acceptors (Lipinski definition) is 3. The van der Waals surface area contributed by atoms with Gasteiger partial charge in [0, 0.05) is 45.3 Å². The van der Waals surface area contributed by atoms with E-state index in [9.17, 15) is 0 Å². The average molecular weight is 213 g/mol. The molecule has 0 amide bonds. The fraction of sp³-hybridized carbons (Fsp3) is 1.00. The van der Waals surface area contributed by atoms with Gasteiger partial charge in [0.15, 0.2) is 0 Å². The molecule has 3 nitrogen and oxygen atoms in total. The van der Waals surface area contributed by atoms with Crippen molar-refractivity contribution >= 4 is 0 Å². The number of nitrogens with zero attached hydrogens (tertiary/aromatic N) is 2. The van der Waals surface area contributed by atoms with E-state index in [1.807, 2.05) is 0 Å². The van der Waals surface area contributed by atoms with Gasteiger partial charge in [-0.05, 0) is 26.8 Å². The number of rotatable bonds is 6. The number of piperazine rings is 1. The Labute approximate surface area is 94.8 Å². The van der Waals surface area contributed by atoms with Gasteiger partial charge in [-0.25, -0.2) is 0 Å². The lowest BCUT2D eigenvalue weighted by Gasteiger charge is -2.32. The standard InChI is InChI=1S/C12H27N3/c1-4-7-15(12(2)3)11-10-14-8-5-13-6-9-14/h12-13H,4-11H2,1-3H3. The van der Waals surface area contributed by atoms with Crippen molar-refractivity contribution in [3.8, 4) is 0 Å². The summed E-state index contributed by atoms with van der Waals surface area (Å²) in [5.41, 5.74) is 0. The van der Waals surface area contributed by atoms with Crippen LogP contribution in [0.2, 0.25) is 0 Å². The third-order valence-corrected chi connectivity index (χ3v) is 3.15. The molecule has 15 heavy (non-hydrogen) atoms. The highest BCUT2D eigenvalue weighted by Crippen LogP contribution is 2.01. The van der Waals surface area contributed by atoms with Gasteiger partial charge in [-0.3, -0.25) is 9.80 Å². The van der Waals surface area contributed by atoms with Gasteiger partial charge in [-0.1, -0.05) is 6.92 Å². The van der Waals surface area contributed by atoms with E-state index in [-0.39, 0.29) is 0 Å². The van der Waals surface area contributed by atoms with E-state index in [0.29, 0.717) is 6.04 Å². The highest BCUT2D eigenvalue weighted by atomic mass is 15.2. The van der Waals surface area contributed by atoms with Crippen LogP contribution >= 0.6 is 0 Å². The summed E-state index contributed by atoms with van der Waals surface area (Å²) >= 11 is 0. The van der Waals surface area contributed by atoms with E-state index >= 15 is 0 Å². The zero-order valence-electron chi connectivity index (χ0n) is 10.6. The molecule has 0 aromatic carbocycles. The molecule has 0 bridgehead atoms. The van der Waals surface area contributed by atoms with Crippen LogP contribution in [-0.2, 0) is 0 Å². The second kappa shape index (κ2) is 7.20. The monoisotopic (exact) mass is 213 g/mol. The van der Waals surface area contributed by atoms with Crippen molar-refractivity contribution in [2.45, 2.75) is 33.2 Å². The molecule has 0 saturated carbocycles. The minimum absolute atomic E-state index is 0.688. The first-order chi connectivity index (χ1) is 7.24. The second-order valence-electron chi connectivity index (χ2n) is 4.72. The predicted octanol–water partition coefficient (Wildman–Crippen LogP) is 1.01. The molecule has 1 heterocycles. The van der Waals surface area contributed by atoms with Gasteiger partial charge in [0.2, 0.25) is 0 Å². The van der Waals surface area contributed by atoms with Crippen molar-refractivity contribution in [2.24, 2.45) is 0 Å². The molecule has 0 spiro atoms. The van der Waals surface area contributed by atoms with Gasteiger partial charge >= 0.3 is 0 Å². The molecule has 0 aliphatic carbocycles. The fourth-order valence-corrected chi connectivity index (χ4v) is 2.12. The highest BCUT2D eigenvalue weighted by molar-refractivity contribution is 4.70. The van der Waals surface area contributed by atoms with E-state index in [1.54, 1.807) is 0 Å². The Kier molecular flexibility index (Phi) is 6.22. The van der Waals surface area contributed by atoms with Crippen LogP contribution in [0.1, 0.15) is 27.2 Å². The lowest BCUT2D eigenvalue weighted by atomic mass is 10.2. The van der Waals surface area contributed by atoms with Crippen molar-refractivity contribution in [3.05, 3.63) is 0 Å². The summed E-state index contributed by atoms with van der Waals surface area (Å²) in [6.45, 7) is 15.3. The second-order valence-corrected chi connectivity index (χ2v) is 4.72. The maximum Gasteiger partial charge on any atom is 0.0112 e. The van der Waals surface area contributed by atoms with E-state index in [0.717, 1.165) is 13.1 Å². The Hall–Kier alpha value is -0.120. The molecule has 1 fully saturated rings. The van der Waals surface area contributed by atoms with Crippen LogP contribution in [0.15, 0.2) is 0 Å². The minimum atomic E-state index is 0.688. The van der Waals surface area contributed by atoms with Crippen molar-refractivity contribution in [3.63, 3.8) is 0 Å². The molecule has 1 aliphatic rings. The van der Waals surface area contributed by atoms with Crippen LogP contribution in [0.3, 0.4) is 0 Å². The Morgan fingerprint density at radius 2 is 1.87 bits per heavy atom. The first kappa shape index (κ1) is 12.9. The van der Waals surface area contributed by atoms with E-state index < -0.39 is 0 Å². The molecule has 0 aromatic rings. The normalized spacial score (nSPS) is 19.0. The first-order valence-corrected chi connectivity index (χ1v) is 6.41. The molecular formula is C12H27N3. The highest BCUT2D eigenvalue weighted by Gasteiger charge is 2.12. The summed E-state index contributed by atoms with van der Waals surface area (Å²) in [7, 11) is 0. The van der Waals surface area contributed by atoms with Crippen LogP contribution in [-0.4, -0.2) is 61.7 Å². The van der Waals surface area contributed by atoms with Crippen molar-refractivity contribution < 1.29 is 0 Å². The Balaban J connectivity index is 2.19. The smallest absolute Gasteiger partial charge is 0.0112 e. The molecule has 1 aliphatic heterocycles. The molecule has 3 heteroatoms. The Morgan fingerprint density at radius 3 is 2.40 bits per heavy atom. The predicted molar refractivity (Wildman–Crippen MR) is 66.3 cm³/mol. The first-order valence-electron chi connectivity index (χ1n) is 6.41. The summed E-state index contributed by atoms with van der Waals surface area (Å²) in [5.74, 6) is 0. The zero-order valence-corrected chi connectivity index (χ0v) is 10.6. The maximum absolute atomic E-state index is 3.39. The van der Waals surface area contributed by atoms with Crippen LogP contribution in [0.25, 0.3) is 0 Å². The lowest BCUT2D eigenvalue weighted by Crippen LogP contribution is -2.47. The van der Waals surface area contributed by atoms with E-state index in [2.05, 4.69) is 35.9 Å². The van der Waals surface area contributed by atoms with Gasteiger partial charge in [-0.15, -0.1) is 0 Å². The maximum atomic E-state index is 3.39. The molecule has 0 aromatic heterocycles. The van der Waals surface area contributed by atoms with Crippen molar-refractivity contribution in [1.29, 1.82) is 0 Å².